The van der Waals surface area contributed by atoms with E-state index in [1.54, 1.807) is 11.8 Å². The first-order valence-corrected chi connectivity index (χ1v) is 13.5. The van der Waals surface area contributed by atoms with Gasteiger partial charge in [-0.1, -0.05) is 6.42 Å². The molecule has 0 amide bonds. The van der Waals surface area contributed by atoms with Crippen LogP contribution in [0.3, 0.4) is 0 Å². The number of nitrogens with one attached hydrogen (secondary N) is 4. The van der Waals surface area contributed by atoms with Crippen molar-refractivity contribution in [2.24, 2.45) is 5.92 Å². The van der Waals surface area contributed by atoms with Gasteiger partial charge in [-0.05, 0) is 81.7 Å². The molecule has 0 radical (unpaired) electrons. The predicted molar refractivity (Wildman–Crippen MR) is 146 cm³/mol. The molecule has 1 aliphatic heterocycles. The summed E-state index contributed by atoms with van der Waals surface area (Å²) < 4.78 is 0. The Balaban J connectivity index is 0.000000543. The minimum atomic E-state index is 0.454. The zero-order valence-corrected chi connectivity index (χ0v) is 21.9. The Morgan fingerprint density at radius 2 is 1.81 bits per heavy atom. The number of aromatic nitrogens is 4. The van der Waals surface area contributed by atoms with Crippen LogP contribution in [0, 0.1) is 12.8 Å². The third kappa shape index (κ3) is 8.53. The summed E-state index contributed by atoms with van der Waals surface area (Å²) in [7, 11) is 1.92. The molecular formula is C26H36N8OS. The molecule has 9 nitrogen and oxygen atoms in total. The van der Waals surface area contributed by atoms with Gasteiger partial charge in [0.15, 0.2) is 11.0 Å². The van der Waals surface area contributed by atoms with Crippen molar-refractivity contribution >= 4 is 41.2 Å². The van der Waals surface area contributed by atoms with Gasteiger partial charge in [-0.3, -0.25) is 5.10 Å². The maximum atomic E-state index is 9.57. The molecule has 0 unspecified atom stereocenters. The Morgan fingerprint density at radius 3 is 2.42 bits per heavy atom. The molecule has 0 atom stereocenters. The number of piperidine rings is 1. The third-order valence-corrected chi connectivity index (χ3v) is 6.89. The predicted octanol–water partition coefficient (Wildman–Crippen LogP) is 4.94. The number of nitrogens with zero attached hydrogens (tertiary/aromatic N) is 4. The number of anilines is 4. The van der Waals surface area contributed by atoms with E-state index in [-0.39, 0.29) is 0 Å². The summed E-state index contributed by atoms with van der Waals surface area (Å²) in [6.45, 7) is 6.25. The molecule has 0 spiro atoms. The molecular weight excluding hydrogens is 472 g/mol. The van der Waals surface area contributed by atoms with Crippen LogP contribution in [-0.2, 0) is 4.79 Å². The molecule has 2 aliphatic rings. The first kappa shape index (κ1) is 26.0. The summed E-state index contributed by atoms with van der Waals surface area (Å²) in [6.07, 6.45) is 7.27. The summed E-state index contributed by atoms with van der Waals surface area (Å²) >= 11 is 1.54. The van der Waals surface area contributed by atoms with Crippen LogP contribution in [0.2, 0.25) is 0 Å². The lowest BCUT2D eigenvalue weighted by Gasteiger charge is -2.26. The number of carbonyl (C=O) groups is 1. The first-order valence-electron chi connectivity index (χ1n) is 12.7. The molecule has 36 heavy (non-hydrogen) atoms. The van der Waals surface area contributed by atoms with E-state index in [1.165, 1.54) is 32.4 Å². The highest BCUT2D eigenvalue weighted by atomic mass is 32.2. The maximum absolute atomic E-state index is 9.57. The molecule has 1 aliphatic carbocycles. The van der Waals surface area contributed by atoms with Gasteiger partial charge in [-0.2, -0.15) is 5.10 Å². The largest absolute Gasteiger partial charge is 0.388 e. The fraction of sp³-hybridized carbons (Fsp3) is 0.462. The van der Waals surface area contributed by atoms with Crippen LogP contribution in [0.1, 0.15) is 37.8 Å². The molecule has 10 heteroatoms. The minimum absolute atomic E-state index is 0.454. The minimum Gasteiger partial charge on any atom is -0.388 e. The number of aromatic amines is 1. The number of H-pyrrole nitrogens is 1. The van der Waals surface area contributed by atoms with Crippen molar-refractivity contribution in [1.29, 1.82) is 0 Å². The molecule has 2 fully saturated rings. The van der Waals surface area contributed by atoms with Crippen molar-refractivity contribution < 1.29 is 4.79 Å². The smallest absolute Gasteiger partial charge is 0.196 e. The lowest BCUT2D eigenvalue weighted by molar-refractivity contribution is -0.108. The van der Waals surface area contributed by atoms with E-state index in [1.807, 2.05) is 26.1 Å². The number of likely N-dealkylation sites (tertiary alicyclic amines) is 1. The molecule has 1 aromatic carbocycles. The summed E-state index contributed by atoms with van der Waals surface area (Å²) in [6, 6.07) is 12.1. The van der Waals surface area contributed by atoms with E-state index in [0.717, 1.165) is 65.9 Å². The van der Waals surface area contributed by atoms with Gasteiger partial charge in [0, 0.05) is 54.5 Å². The molecule has 3 heterocycles. The Morgan fingerprint density at radius 1 is 1.06 bits per heavy atom. The second-order valence-corrected chi connectivity index (χ2v) is 10.2. The Kier molecular flexibility index (Phi) is 9.57. The summed E-state index contributed by atoms with van der Waals surface area (Å²) in [4.78, 5) is 22.6. The van der Waals surface area contributed by atoms with Crippen LogP contribution in [0.15, 0.2) is 46.5 Å². The molecule has 0 bridgehead atoms. The molecule has 1 saturated carbocycles. The van der Waals surface area contributed by atoms with E-state index in [4.69, 9.17) is 9.97 Å². The third-order valence-electron chi connectivity index (χ3n) is 6.02. The van der Waals surface area contributed by atoms with Crippen molar-refractivity contribution in [3.8, 4) is 0 Å². The summed E-state index contributed by atoms with van der Waals surface area (Å²) in [5.41, 5.74) is 2.07. The van der Waals surface area contributed by atoms with Crippen molar-refractivity contribution in [1.82, 2.24) is 25.1 Å². The summed E-state index contributed by atoms with van der Waals surface area (Å²) in [5, 5.41) is 17.8. The highest BCUT2D eigenvalue weighted by Crippen LogP contribution is 2.29. The van der Waals surface area contributed by atoms with Gasteiger partial charge in [0.05, 0.1) is 0 Å². The highest BCUT2D eigenvalue weighted by molar-refractivity contribution is 7.99. The molecule has 192 valence electrons. The zero-order valence-electron chi connectivity index (χ0n) is 21.1. The second kappa shape index (κ2) is 13.3. The van der Waals surface area contributed by atoms with Gasteiger partial charge in [-0.25, -0.2) is 9.97 Å². The van der Waals surface area contributed by atoms with E-state index >= 15 is 0 Å². The molecule has 2 aromatic heterocycles. The van der Waals surface area contributed by atoms with Gasteiger partial charge < -0.3 is 25.6 Å². The average molecular weight is 509 g/mol. The van der Waals surface area contributed by atoms with Gasteiger partial charge in [-0.15, -0.1) is 0 Å². The number of benzene rings is 1. The highest BCUT2D eigenvalue weighted by Gasteiger charge is 2.19. The quantitative estimate of drug-likeness (QED) is 0.224. The van der Waals surface area contributed by atoms with Gasteiger partial charge in [0.2, 0.25) is 0 Å². The topological polar surface area (TPSA) is 111 Å². The number of hydrogen-bond donors (Lipinski definition) is 4. The molecule has 5 rings (SSSR count). The number of carbonyl (C=O) groups excluding carboxylic acids is 1. The zero-order chi connectivity index (χ0) is 25.2. The molecule has 1 saturated heterocycles. The number of aryl methyl sites for hydroxylation is 1. The van der Waals surface area contributed by atoms with Crippen LogP contribution in [0.25, 0.3) is 0 Å². The lowest BCUT2D eigenvalue weighted by Crippen LogP contribution is -2.33. The Bertz CT molecular complexity index is 1090. The average Bonchev–Trinajstić information content (AvgIpc) is 3.66. The van der Waals surface area contributed by atoms with E-state index < -0.39 is 0 Å². The molecule has 4 N–H and O–H groups in total. The molecule has 3 aromatic rings. The Labute approximate surface area is 217 Å². The van der Waals surface area contributed by atoms with Crippen LogP contribution in [0.5, 0.6) is 0 Å². The first-order chi connectivity index (χ1) is 17.6. The van der Waals surface area contributed by atoms with Crippen molar-refractivity contribution in [2.75, 3.05) is 49.2 Å². The Hall–Kier alpha value is -3.11. The van der Waals surface area contributed by atoms with Crippen LogP contribution in [0.4, 0.5) is 23.1 Å². The normalized spacial score (nSPS) is 15.5. The van der Waals surface area contributed by atoms with E-state index in [2.05, 4.69) is 55.3 Å². The van der Waals surface area contributed by atoms with Crippen LogP contribution >= 0.6 is 11.8 Å². The second-order valence-electron chi connectivity index (χ2n) is 9.16. The fourth-order valence-corrected chi connectivity index (χ4v) is 4.56. The van der Waals surface area contributed by atoms with E-state index in [9.17, 15) is 4.79 Å². The van der Waals surface area contributed by atoms with E-state index in [0.29, 0.717) is 11.1 Å². The SMILES string of the molecule is CNc1ccc(Sc2nc(NCCN3CCCCC3)cc(Nc3cc(C)[nH]n3)n2)cc1.O=CC1CC1. The number of rotatable bonds is 10. The van der Waals surface area contributed by atoms with Crippen molar-refractivity contribution in [3.05, 3.63) is 42.1 Å². The van der Waals surface area contributed by atoms with Gasteiger partial charge in [0.25, 0.3) is 0 Å². The van der Waals surface area contributed by atoms with Crippen LogP contribution in [-0.4, -0.2) is 64.6 Å². The van der Waals surface area contributed by atoms with Gasteiger partial charge >= 0.3 is 0 Å². The van der Waals surface area contributed by atoms with Crippen molar-refractivity contribution in [3.63, 3.8) is 0 Å². The van der Waals surface area contributed by atoms with Gasteiger partial charge in [0.1, 0.15) is 17.9 Å². The fourth-order valence-electron chi connectivity index (χ4n) is 3.79. The maximum Gasteiger partial charge on any atom is 0.196 e. The number of hydrogen-bond acceptors (Lipinski definition) is 9. The summed E-state index contributed by atoms with van der Waals surface area (Å²) in [5.74, 6) is 2.73. The standard InChI is InChI=1S/C22H30N8S.C4H6O/c1-16-14-21(29-28-16)25-20-15-19(24-10-13-30-11-4-3-5-12-30)26-22(27-20)31-18-8-6-17(23-2)7-9-18;5-3-4-1-2-4/h6-9,14-15,23H,3-5,10-13H2,1-2H3,(H3,24,25,26,27,28,29);3-4H,1-2H2. The monoisotopic (exact) mass is 508 g/mol. The van der Waals surface area contributed by atoms with Crippen molar-refractivity contribution in [2.45, 2.75) is 49.1 Å². The number of aldehydes is 1. The van der Waals surface area contributed by atoms with Crippen LogP contribution < -0.4 is 16.0 Å². The lowest BCUT2D eigenvalue weighted by atomic mass is 10.1.